The molecule has 0 atom stereocenters. The third-order valence-corrected chi connectivity index (χ3v) is 2.69. The van der Waals surface area contributed by atoms with Crippen molar-refractivity contribution in [1.82, 2.24) is 5.32 Å². The minimum absolute atomic E-state index is 0.173. The molecule has 0 aromatic rings. The van der Waals surface area contributed by atoms with Crippen molar-refractivity contribution in [2.24, 2.45) is 5.41 Å². The number of hydrogen-bond acceptors (Lipinski definition) is 3. The average molecular weight is 281 g/mol. The number of esters is 1. The van der Waals surface area contributed by atoms with Crippen LogP contribution in [0.5, 0.6) is 0 Å². The van der Waals surface area contributed by atoms with Gasteiger partial charge in [0, 0.05) is 0 Å². The van der Waals surface area contributed by atoms with Crippen molar-refractivity contribution in [2.75, 3.05) is 6.54 Å². The lowest BCUT2D eigenvalue weighted by Crippen LogP contribution is -2.40. The summed E-state index contributed by atoms with van der Waals surface area (Å²) in [6.45, 7) is 3.69. The van der Waals surface area contributed by atoms with E-state index in [4.69, 9.17) is 4.74 Å². The predicted molar refractivity (Wildman–Crippen MR) is 61.2 cm³/mol. The number of alkyl halides is 3. The molecule has 1 saturated carbocycles. The number of hydrogen-bond donors (Lipinski definition) is 1. The lowest BCUT2D eigenvalue weighted by molar-refractivity contribution is -0.158. The van der Waals surface area contributed by atoms with Crippen LogP contribution in [0, 0.1) is 5.41 Å². The zero-order valence-electron chi connectivity index (χ0n) is 11.2. The van der Waals surface area contributed by atoms with Gasteiger partial charge in [0.25, 0.3) is 0 Å². The second-order valence-corrected chi connectivity index (χ2v) is 5.84. The maximum Gasteiger partial charge on any atom is 0.405 e. The fourth-order valence-corrected chi connectivity index (χ4v) is 1.66. The SMILES string of the molecule is CC(C)(C)OC(=O)CC1(C(=O)NCC(F)(F)F)CC1. The summed E-state index contributed by atoms with van der Waals surface area (Å²) in [5.41, 5.74) is -1.68. The quantitative estimate of drug-likeness (QED) is 0.804. The van der Waals surface area contributed by atoms with Crippen molar-refractivity contribution in [3.8, 4) is 0 Å². The summed E-state index contributed by atoms with van der Waals surface area (Å²) in [4.78, 5) is 23.3. The third kappa shape index (κ3) is 5.48. The van der Waals surface area contributed by atoms with E-state index in [2.05, 4.69) is 0 Å². The molecule has 7 heteroatoms. The van der Waals surface area contributed by atoms with E-state index in [0.717, 1.165) is 0 Å². The van der Waals surface area contributed by atoms with Crippen LogP contribution < -0.4 is 5.32 Å². The van der Waals surface area contributed by atoms with Gasteiger partial charge < -0.3 is 10.1 Å². The van der Waals surface area contributed by atoms with E-state index in [0.29, 0.717) is 12.8 Å². The van der Waals surface area contributed by atoms with Crippen LogP contribution in [0.2, 0.25) is 0 Å². The van der Waals surface area contributed by atoms with E-state index in [1.165, 1.54) is 0 Å². The fraction of sp³-hybridized carbons (Fsp3) is 0.833. The molecule has 0 aromatic carbocycles. The number of carbonyl (C=O) groups excluding carboxylic acids is 2. The molecular weight excluding hydrogens is 263 g/mol. The van der Waals surface area contributed by atoms with Gasteiger partial charge in [-0.15, -0.1) is 0 Å². The molecule has 0 aliphatic heterocycles. The summed E-state index contributed by atoms with van der Waals surface area (Å²) in [5, 5.41) is 1.82. The maximum absolute atomic E-state index is 12.0. The van der Waals surface area contributed by atoms with Crippen LogP contribution >= 0.6 is 0 Å². The smallest absolute Gasteiger partial charge is 0.405 e. The lowest BCUT2D eigenvalue weighted by atomic mass is 10.0. The van der Waals surface area contributed by atoms with Gasteiger partial charge in [-0.2, -0.15) is 13.2 Å². The number of rotatable bonds is 4. The monoisotopic (exact) mass is 281 g/mol. The summed E-state index contributed by atoms with van der Waals surface area (Å²) in [5.74, 6) is -1.29. The molecule has 1 N–H and O–H groups in total. The number of ether oxygens (including phenoxy) is 1. The van der Waals surface area contributed by atoms with E-state index < -0.39 is 35.6 Å². The molecule has 0 spiro atoms. The molecule has 4 nitrogen and oxygen atoms in total. The Kier molecular flexibility index (Phi) is 4.17. The molecule has 1 rings (SSSR count). The van der Waals surface area contributed by atoms with Crippen molar-refractivity contribution >= 4 is 11.9 Å². The van der Waals surface area contributed by atoms with Crippen molar-refractivity contribution in [1.29, 1.82) is 0 Å². The van der Waals surface area contributed by atoms with Crippen molar-refractivity contribution in [2.45, 2.75) is 51.8 Å². The first-order valence-electron chi connectivity index (χ1n) is 6.00. The highest BCUT2D eigenvalue weighted by molar-refractivity contribution is 5.89. The topological polar surface area (TPSA) is 55.4 Å². The molecule has 1 aliphatic carbocycles. The van der Waals surface area contributed by atoms with Crippen LogP contribution in [-0.2, 0) is 14.3 Å². The van der Waals surface area contributed by atoms with Gasteiger partial charge in [-0.05, 0) is 33.6 Å². The molecule has 0 saturated heterocycles. The first kappa shape index (κ1) is 15.8. The number of amides is 1. The average Bonchev–Trinajstić information content (AvgIpc) is 2.90. The van der Waals surface area contributed by atoms with Crippen LogP contribution in [0.3, 0.4) is 0 Å². The Balaban J connectivity index is 2.48. The van der Waals surface area contributed by atoms with Gasteiger partial charge in [0.1, 0.15) is 12.1 Å². The van der Waals surface area contributed by atoms with Gasteiger partial charge in [-0.1, -0.05) is 0 Å². The Morgan fingerprint density at radius 2 is 1.74 bits per heavy atom. The normalized spacial score (nSPS) is 17.8. The predicted octanol–water partition coefficient (Wildman–Crippen LogP) is 2.18. The molecular formula is C12H18F3NO3. The molecule has 0 radical (unpaired) electrons. The highest BCUT2D eigenvalue weighted by atomic mass is 19.4. The molecule has 1 fully saturated rings. The number of halogens is 3. The first-order valence-corrected chi connectivity index (χ1v) is 6.00. The fourth-order valence-electron chi connectivity index (χ4n) is 1.66. The largest absolute Gasteiger partial charge is 0.460 e. The van der Waals surface area contributed by atoms with E-state index in [9.17, 15) is 22.8 Å². The molecule has 0 aromatic heterocycles. The standard InChI is InChI=1S/C12H18F3NO3/c1-10(2,3)19-8(17)6-11(4-5-11)9(18)16-7-12(13,14)15/h4-7H2,1-3H3,(H,16,18). The molecule has 19 heavy (non-hydrogen) atoms. The second kappa shape index (κ2) is 5.02. The van der Waals surface area contributed by atoms with E-state index in [1.54, 1.807) is 20.8 Å². The Morgan fingerprint density at radius 1 is 1.21 bits per heavy atom. The minimum atomic E-state index is -4.45. The van der Waals surface area contributed by atoms with E-state index >= 15 is 0 Å². The summed E-state index contributed by atoms with van der Waals surface area (Å²) in [6.07, 6.45) is -3.79. The molecule has 1 aliphatic rings. The Labute approximate surface area is 109 Å². The van der Waals surface area contributed by atoms with Crippen LogP contribution in [0.25, 0.3) is 0 Å². The summed E-state index contributed by atoms with van der Waals surface area (Å²) in [6, 6.07) is 0. The molecule has 0 heterocycles. The van der Waals surface area contributed by atoms with Crippen LogP contribution in [-0.4, -0.2) is 30.2 Å². The zero-order chi connectivity index (χ0) is 14.9. The summed E-state index contributed by atoms with van der Waals surface area (Å²) >= 11 is 0. The van der Waals surface area contributed by atoms with Crippen LogP contribution in [0.15, 0.2) is 0 Å². The lowest BCUT2D eigenvalue weighted by Gasteiger charge is -2.22. The molecule has 0 unspecified atom stereocenters. The highest BCUT2D eigenvalue weighted by Gasteiger charge is 2.52. The van der Waals surface area contributed by atoms with Crippen molar-refractivity contribution in [3.05, 3.63) is 0 Å². The van der Waals surface area contributed by atoms with Gasteiger partial charge in [0.05, 0.1) is 11.8 Å². The van der Waals surface area contributed by atoms with Crippen LogP contribution in [0.1, 0.15) is 40.0 Å². The molecule has 110 valence electrons. The number of nitrogens with one attached hydrogen (secondary N) is 1. The molecule has 1 amide bonds. The van der Waals surface area contributed by atoms with Crippen molar-refractivity contribution in [3.63, 3.8) is 0 Å². The van der Waals surface area contributed by atoms with E-state index in [-0.39, 0.29) is 6.42 Å². The third-order valence-electron chi connectivity index (χ3n) is 2.69. The molecule has 0 bridgehead atoms. The maximum atomic E-state index is 12.0. The van der Waals surface area contributed by atoms with Crippen LogP contribution in [0.4, 0.5) is 13.2 Å². The van der Waals surface area contributed by atoms with Gasteiger partial charge in [0.15, 0.2) is 0 Å². The zero-order valence-corrected chi connectivity index (χ0v) is 11.2. The van der Waals surface area contributed by atoms with Gasteiger partial charge in [0.2, 0.25) is 5.91 Å². The van der Waals surface area contributed by atoms with E-state index in [1.807, 2.05) is 5.32 Å². The van der Waals surface area contributed by atoms with Gasteiger partial charge in [-0.25, -0.2) is 0 Å². The highest BCUT2D eigenvalue weighted by Crippen LogP contribution is 2.49. The van der Waals surface area contributed by atoms with Gasteiger partial charge >= 0.3 is 12.1 Å². The number of carbonyl (C=O) groups is 2. The van der Waals surface area contributed by atoms with Gasteiger partial charge in [-0.3, -0.25) is 9.59 Å². The Bertz CT molecular complexity index is 367. The second-order valence-electron chi connectivity index (χ2n) is 5.84. The first-order chi connectivity index (χ1) is 8.44. The summed E-state index contributed by atoms with van der Waals surface area (Å²) < 4.78 is 41.1. The van der Waals surface area contributed by atoms with Crippen molar-refractivity contribution < 1.29 is 27.5 Å². The Hall–Kier alpha value is -1.27. The minimum Gasteiger partial charge on any atom is -0.460 e. The Morgan fingerprint density at radius 3 is 2.11 bits per heavy atom. The summed E-state index contributed by atoms with van der Waals surface area (Å²) in [7, 11) is 0.